The summed E-state index contributed by atoms with van der Waals surface area (Å²) in [5, 5.41) is 4.78. The number of amides is 1. The lowest BCUT2D eigenvalue weighted by Crippen LogP contribution is -2.31. The summed E-state index contributed by atoms with van der Waals surface area (Å²) in [4.78, 5) is 14.6. The van der Waals surface area contributed by atoms with Crippen LogP contribution in [0.5, 0.6) is 0 Å². The molecule has 1 amide bonds. The number of nitrogens with zero attached hydrogens (tertiary/aromatic N) is 2. The van der Waals surface area contributed by atoms with Crippen molar-refractivity contribution in [1.82, 2.24) is 10.1 Å². The number of likely N-dealkylation sites (tertiary alicyclic amines) is 1. The lowest BCUT2D eigenvalue weighted by Gasteiger charge is -2.22. The largest absolute Gasteiger partial charge is 0.359 e. The van der Waals surface area contributed by atoms with Crippen LogP contribution in [0.1, 0.15) is 55.7 Å². The lowest BCUT2D eigenvalue weighted by molar-refractivity contribution is -0.131. The van der Waals surface area contributed by atoms with E-state index in [4.69, 9.17) is 16.1 Å². The van der Waals surface area contributed by atoms with Crippen LogP contribution in [-0.2, 0) is 11.2 Å². The Morgan fingerprint density at radius 3 is 2.96 bits per heavy atom. The van der Waals surface area contributed by atoms with Crippen molar-refractivity contribution in [2.45, 2.75) is 45.1 Å². The first-order valence-electron chi connectivity index (χ1n) is 8.05. The zero-order valence-electron chi connectivity index (χ0n) is 13.5. The second kappa shape index (κ2) is 6.75. The van der Waals surface area contributed by atoms with Gasteiger partial charge in [-0.05, 0) is 36.5 Å². The second-order valence-corrected chi connectivity index (χ2v) is 6.80. The van der Waals surface area contributed by atoms with Crippen LogP contribution in [0, 0.1) is 0 Å². The molecule has 1 aliphatic rings. The Kier molecular flexibility index (Phi) is 4.71. The van der Waals surface area contributed by atoms with Gasteiger partial charge in [-0.25, -0.2) is 0 Å². The van der Waals surface area contributed by atoms with Crippen LogP contribution < -0.4 is 0 Å². The predicted octanol–water partition coefficient (Wildman–Crippen LogP) is 4.36. The molecule has 23 heavy (non-hydrogen) atoms. The van der Waals surface area contributed by atoms with E-state index in [1.807, 2.05) is 35.2 Å². The average molecular weight is 333 g/mol. The van der Waals surface area contributed by atoms with E-state index in [0.717, 1.165) is 36.4 Å². The van der Waals surface area contributed by atoms with E-state index in [1.165, 1.54) is 0 Å². The lowest BCUT2D eigenvalue weighted by atomic mass is 10.1. The minimum absolute atomic E-state index is 0.00156. The summed E-state index contributed by atoms with van der Waals surface area (Å²) in [5.41, 5.74) is 1.88. The molecule has 1 aromatic heterocycles. The molecule has 1 saturated heterocycles. The molecule has 2 aromatic rings. The van der Waals surface area contributed by atoms with E-state index >= 15 is 0 Å². The number of benzene rings is 1. The first-order valence-corrected chi connectivity index (χ1v) is 8.43. The van der Waals surface area contributed by atoms with Gasteiger partial charge in [-0.1, -0.05) is 42.7 Å². The molecule has 0 spiro atoms. The molecule has 0 N–H and O–H groups in total. The molecule has 4 nitrogen and oxygen atoms in total. The van der Waals surface area contributed by atoms with Crippen molar-refractivity contribution < 1.29 is 9.32 Å². The maximum atomic E-state index is 12.7. The molecule has 1 aliphatic heterocycles. The molecule has 122 valence electrons. The fourth-order valence-electron chi connectivity index (χ4n) is 3.02. The van der Waals surface area contributed by atoms with Gasteiger partial charge in [0.15, 0.2) is 5.76 Å². The summed E-state index contributed by atoms with van der Waals surface area (Å²) in [6.45, 7) is 4.93. The van der Waals surface area contributed by atoms with Crippen molar-refractivity contribution >= 4 is 17.5 Å². The standard InChI is InChI=1S/C18H21ClN2O2/c1-12(2)15-11-17(23-20-15)16-7-4-8-21(16)18(22)10-13-5-3-6-14(19)9-13/h3,5-6,9,11-12,16H,4,7-8,10H2,1-2H3/t16-/m0/s1. The highest BCUT2D eigenvalue weighted by Gasteiger charge is 2.32. The van der Waals surface area contributed by atoms with Gasteiger partial charge in [-0.15, -0.1) is 0 Å². The molecule has 1 atom stereocenters. The first kappa shape index (κ1) is 16.1. The second-order valence-electron chi connectivity index (χ2n) is 6.36. The van der Waals surface area contributed by atoms with Gasteiger partial charge in [0.25, 0.3) is 0 Å². The van der Waals surface area contributed by atoms with E-state index in [1.54, 1.807) is 0 Å². The van der Waals surface area contributed by atoms with E-state index in [2.05, 4.69) is 19.0 Å². The van der Waals surface area contributed by atoms with E-state index in [9.17, 15) is 4.79 Å². The molecule has 5 heteroatoms. The molecule has 3 rings (SSSR count). The van der Waals surface area contributed by atoms with Crippen molar-refractivity contribution in [1.29, 1.82) is 0 Å². The number of carbonyl (C=O) groups excluding carboxylic acids is 1. The third-order valence-electron chi connectivity index (χ3n) is 4.28. The summed E-state index contributed by atoms with van der Waals surface area (Å²) in [6.07, 6.45) is 2.28. The van der Waals surface area contributed by atoms with Crippen LogP contribution >= 0.6 is 11.6 Å². The van der Waals surface area contributed by atoms with Crippen molar-refractivity contribution in [3.63, 3.8) is 0 Å². The fraction of sp³-hybridized carbons (Fsp3) is 0.444. The molecule has 0 aliphatic carbocycles. The van der Waals surface area contributed by atoms with Gasteiger partial charge in [-0.2, -0.15) is 0 Å². The highest BCUT2D eigenvalue weighted by atomic mass is 35.5. The molecule has 0 saturated carbocycles. The number of hydrogen-bond donors (Lipinski definition) is 0. The van der Waals surface area contributed by atoms with Crippen LogP contribution in [0.15, 0.2) is 34.9 Å². The Balaban J connectivity index is 1.74. The minimum Gasteiger partial charge on any atom is -0.359 e. The number of carbonyl (C=O) groups is 1. The van der Waals surface area contributed by atoms with Crippen LogP contribution in [0.25, 0.3) is 0 Å². The number of rotatable bonds is 4. The van der Waals surface area contributed by atoms with E-state index in [-0.39, 0.29) is 11.9 Å². The van der Waals surface area contributed by atoms with Crippen LogP contribution in [0.2, 0.25) is 5.02 Å². The van der Waals surface area contributed by atoms with Crippen molar-refractivity contribution in [3.8, 4) is 0 Å². The molecular formula is C18H21ClN2O2. The molecule has 1 fully saturated rings. The minimum atomic E-state index is 0.00156. The smallest absolute Gasteiger partial charge is 0.227 e. The maximum Gasteiger partial charge on any atom is 0.227 e. The molecule has 1 aromatic carbocycles. The van der Waals surface area contributed by atoms with Gasteiger partial charge >= 0.3 is 0 Å². The number of halogens is 1. The van der Waals surface area contributed by atoms with Crippen LogP contribution in [0.4, 0.5) is 0 Å². The highest BCUT2D eigenvalue weighted by Crippen LogP contribution is 2.33. The quantitative estimate of drug-likeness (QED) is 0.835. The van der Waals surface area contributed by atoms with Gasteiger partial charge in [0, 0.05) is 17.6 Å². The number of aromatic nitrogens is 1. The summed E-state index contributed by atoms with van der Waals surface area (Å²) in [6, 6.07) is 9.45. The Morgan fingerprint density at radius 1 is 1.43 bits per heavy atom. The third-order valence-corrected chi connectivity index (χ3v) is 4.52. The van der Waals surface area contributed by atoms with Gasteiger partial charge in [0.1, 0.15) is 0 Å². The SMILES string of the molecule is CC(C)c1cc([C@@H]2CCCN2C(=O)Cc2cccc(Cl)c2)on1. The van der Waals surface area contributed by atoms with E-state index < -0.39 is 0 Å². The highest BCUT2D eigenvalue weighted by molar-refractivity contribution is 6.30. The molecule has 0 bridgehead atoms. The molecular weight excluding hydrogens is 312 g/mol. The zero-order chi connectivity index (χ0) is 16.4. The van der Waals surface area contributed by atoms with Crippen molar-refractivity contribution in [3.05, 3.63) is 52.4 Å². The van der Waals surface area contributed by atoms with Gasteiger partial charge in [0.05, 0.1) is 18.2 Å². The molecule has 2 heterocycles. The summed E-state index contributed by atoms with van der Waals surface area (Å²) < 4.78 is 5.49. The summed E-state index contributed by atoms with van der Waals surface area (Å²) >= 11 is 6.00. The van der Waals surface area contributed by atoms with Gasteiger partial charge < -0.3 is 9.42 Å². The number of hydrogen-bond acceptors (Lipinski definition) is 3. The van der Waals surface area contributed by atoms with E-state index in [0.29, 0.717) is 17.4 Å². The van der Waals surface area contributed by atoms with Gasteiger partial charge in [-0.3, -0.25) is 4.79 Å². The van der Waals surface area contributed by atoms with Gasteiger partial charge in [0.2, 0.25) is 5.91 Å². The Bertz CT molecular complexity index is 696. The first-order chi connectivity index (χ1) is 11.0. The Morgan fingerprint density at radius 2 is 2.26 bits per heavy atom. The third kappa shape index (κ3) is 3.58. The Labute approximate surface area is 141 Å². The maximum absolute atomic E-state index is 12.7. The predicted molar refractivity (Wildman–Crippen MR) is 89.4 cm³/mol. The Hall–Kier alpha value is -1.81. The van der Waals surface area contributed by atoms with Crippen molar-refractivity contribution in [2.75, 3.05) is 6.54 Å². The fourth-order valence-corrected chi connectivity index (χ4v) is 3.23. The summed E-state index contributed by atoms with van der Waals surface area (Å²) in [7, 11) is 0. The molecule has 0 unspecified atom stereocenters. The van der Waals surface area contributed by atoms with Crippen molar-refractivity contribution in [2.24, 2.45) is 0 Å². The topological polar surface area (TPSA) is 46.3 Å². The monoisotopic (exact) mass is 332 g/mol. The average Bonchev–Trinajstić information content (AvgIpc) is 3.16. The molecule has 0 radical (unpaired) electrons. The zero-order valence-corrected chi connectivity index (χ0v) is 14.2. The normalized spacial score (nSPS) is 17.9. The summed E-state index contributed by atoms with van der Waals surface area (Å²) in [5.74, 6) is 1.23. The van der Waals surface area contributed by atoms with Crippen LogP contribution in [0.3, 0.4) is 0 Å². The van der Waals surface area contributed by atoms with Crippen LogP contribution in [-0.4, -0.2) is 22.5 Å².